The summed E-state index contributed by atoms with van der Waals surface area (Å²) in [6.07, 6.45) is 2.63. The standard InChI is InChI=1S/C13H17O/c1-3-8-11(4-2)13(14)12-9-6-5-7-10-12/h5-7,9-11H,1,3-4,8H2,2H3. The second kappa shape index (κ2) is 5.58. The first-order valence-corrected chi connectivity index (χ1v) is 5.18. The number of ketones is 1. The number of rotatable bonds is 5. The Morgan fingerprint density at radius 3 is 2.50 bits per heavy atom. The minimum absolute atomic E-state index is 0.148. The highest BCUT2D eigenvalue weighted by Gasteiger charge is 2.16. The predicted molar refractivity (Wildman–Crippen MR) is 59.1 cm³/mol. The van der Waals surface area contributed by atoms with Gasteiger partial charge in [0.15, 0.2) is 5.78 Å². The molecule has 0 aromatic heterocycles. The van der Waals surface area contributed by atoms with Crippen molar-refractivity contribution in [2.75, 3.05) is 0 Å². The van der Waals surface area contributed by atoms with Crippen molar-refractivity contribution < 1.29 is 4.79 Å². The van der Waals surface area contributed by atoms with Crippen molar-refractivity contribution in [3.8, 4) is 0 Å². The zero-order valence-corrected chi connectivity index (χ0v) is 8.70. The van der Waals surface area contributed by atoms with E-state index in [0.717, 1.165) is 24.8 Å². The quantitative estimate of drug-likeness (QED) is 0.648. The van der Waals surface area contributed by atoms with E-state index in [9.17, 15) is 4.79 Å². The Labute approximate surface area is 86.1 Å². The normalized spacial score (nSPS) is 12.4. The average Bonchev–Trinajstić information content (AvgIpc) is 2.26. The van der Waals surface area contributed by atoms with Crippen LogP contribution in [0, 0.1) is 12.8 Å². The molecule has 0 aliphatic heterocycles. The van der Waals surface area contributed by atoms with Gasteiger partial charge in [-0.05, 0) is 12.8 Å². The molecular formula is C13H17O. The summed E-state index contributed by atoms with van der Waals surface area (Å²) < 4.78 is 0. The van der Waals surface area contributed by atoms with E-state index in [1.807, 2.05) is 30.3 Å². The third kappa shape index (κ3) is 2.69. The van der Waals surface area contributed by atoms with Crippen molar-refractivity contribution in [3.63, 3.8) is 0 Å². The van der Waals surface area contributed by atoms with Gasteiger partial charge in [0.2, 0.25) is 0 Å². The third-order valence-electron chi connectivity index (χ3n) is 2.47. The van der Waals surface area contributed by atoms with E-state index in [0.29, 0.717) is 0 Å². The van der Waals surface area contributed by atoms with Crippen LogP contribution in [0.15, 0.2) is 30.3 Å². The van der Waals surface area contributed by atoms with Gasteiger partial charge in [0.1, 0.15) is 0 Å². The fraction of sp³-hybridized carbons (Fsp3) is 0.385. The van der Waals surface area contributed by atoms with E-state index in [-0.39, 0.29) is 11.7 Å². The number of Topliss-reactive ketones (excluding diaryl/α,β-unsaturated/α-hetero) is 1. The van der Waals surface area contributed by atoms with Crippen molar-refractivity contribution >= 4 is 5.78 Å². The third-order valence-corrected chi connectivity index (χ3v) is 2.47. The van der Waals surface area contributed by atoms with E-state index in [1.54, 1.807) is 0 Å². The summed E-state index contributed by atoms with van der Waals surface area (Å²) in [5.74, 6) is 0.409. The summed E-state index contributed by atoms with van der Waals surface area (Å²) >= 11 is 0. The Hall–Kier alpha value is -1.11. The molecule has 1 nitrogen and oxygen atoms in total. The molecule has 0 heterocycles. The second-order valence-corrected chi connectivity index (χ2v) is 3.48. The summed E-state index contributed by atoms with van der Waals surface area (Å²) in [7, 11) is 0. The molecule has 1 rings (SSSR count). The highest BCUT2D eigenvalue weighted by atomic mass is 16.1. The van der Waals surface area contributed by atoms with Crippen LogP contribution in [0.1, 0.15) is 36.5 Å². The van der Waals surface area contributed by atoms with Crippen molar-refractivity contribution in [2.45, 2.75) is 26.2 Å². The first kappa shape index (κ1) is 11.0. The topological polar surface area (TPSA) is 17.1 Å². The predicted octanol–water partition coefficient (Wildman–Crippen LogP) is 3.51. The molecule has 1 aromatic rings. The second-order valence-electron chi connectivity index (χ2n) is 3.48. The first-order chi connectivity index (χ1) is 6.79. The van der Waals surface area contributed by atoms with E-state index in [1.165, 1.54) is 0 Å². The number of carbonyl (C=O) groups excluding carboxylic acids is 1. The fourth-order valence-corrected chi connectivity index (χ4v) is 1.61. The summed E-state index contributed by atoms with van der Waals surface area (Å²) in [4.78, 5) is 11.9. The van der Waals surface area contributed by atoms with Gasteiger partial charge in [0, 0.05) is 11.5 Å². The van der Waals surface area contributed by atoms with Crippen molar-refractivity contribution in [1.82, 2.24) is 0 Å². The van der Waals surface area contributed by atoms with Crippen LogP contribution in [0.25, 0.3) is 0 Å². The maximum absolute atomic E-state index is 11.9. The molecule has 1 aromatic carbocycles. The summed E-state index contributed by atoms with van der Waals surface area (Å²) in [5.41, 5.74) is 0.827. The van der Waals surface area contributed by atoms with Gasteiger partial charge in [-0.2, -0.15) is 0 Å². The van der Waals surface area contributed by atoms with Gasteiger partial charge >= 0.3 is 0 Å². The zero-order valence-electron chi connectivity index (χ0n) is 8.70. The van der Waals surface area contributed by atoms with Gasteiger partial charge in [0.05, 0.1) is 0 Å². The molecule has 1 atom stereocenters. The lowest BCUT2D eigenvalue weighted by Crippen LogP contribution is -2.13. The molecule has 0 spiro atoms. The Morgan fingerprint density at radius 2 is 2.00 bits per heavy atom. The van der Waals surface area contributed by atoms with Crippen LogP contribution in [-0.4, -0.2) is 5.78 Å². The van der Waals surface area contributed by atoms with Gasteiger partial charge in [0.25, 0.3) is 0 Å². The minimum atomic E-state index is 0.148. The Morgan fingerprint density at radius 1 is 1.36 bits per heavy atom. The fourth-order valence-electron chi connectivity index (χ4n) is 1.61. The van der Waals surface area contributed by atoms with E-state index >= 15 is 0 Å². The van der Waals surface area contributed by atoms with Crippen molar-refractivity contribution in [1.29, 1.82) is 0 Å². The average molecular weight is 189 g/mol. The molecule has 14 heavy (non-hydrogen) atoms. The summed E-state index contributed by atoms with van der Waals surface area (Å²) in [5, 5.41) is 0. The van der Waals surface area contributed by atoms with Crippen LogP contribution in [0.2, 0.25) is 0 Å². The van der Waals surface area contributed by atoms with Gasteiger partial charge < -0.3 is 0 Å². The molecule has 0 aliphatic carbocycles. The molecular weight excluding hydrogens is 172 g/mol. The first-order valence-electron chi connectivity index (χ1n) is 5.18. The van der Waals surface area contributed by atoms with E-state index in [2.05, 4.69) is 13.8 Å². The highest BCUT2D eigenvalue weighted by Crippen LogP contribution is 2.17. The molecule has 0 bridgehead atoms. The molecule has 0 saturated heterocycles. The van der Waals surface area contributed by atoms with Gasteiger partial charge in [-0.25, -0.2) is 0 Å². The molecule has 0 amide bonds. The van der Waals surface area contributed by atoms with Crippen LogP contribution >= 0.6 is 0 Å². The van der Waals surface area contributed by atoms with Crippen LogP contribution < -0.4 is 0 Å². The molecule has 0 aliphatic rings. The summed E-state index contributed by atoms with van der Waals surface area (Å²) in [6, 6.07) is 9.51. The largest absolute Gasteiger partial charge is 0.294 e. The smallest absolute Gasteiger partial charge is 0.165 e. The van der Waals surface area contributed by atoms with Crippen LogP contribution in [0.4, 0.5) is 0 Å². The van der Waals surface area contributed by atoms with Crippen molar-refractivity contribution in [2.24, 2.45) is 5.92 Å². The van der Waals surface area contributed by atoms with Crippen molar-refractivity contribution in [3.05, 3.63) is 42.8 Å². The van der Waals surface area contributed by atoms with Crippen LogP contribution in [0.5, 0.6) is 0 Å². The molecule has 1 heteroatoms. The summed E-state index contributed by atoms with van der Waals surface area (Å²) in [6.45, 7) is 5.85. The van der Waals surface area contributed by atoms with Gasteiger partial charge in [-0.3, -0.25) is 4.79 Å². The lowest BCUT2D eigenvalue weighted by molar-refractivity contribution is 0.0910. The number of carbonyl (C=O) groups is 1. The highest BCUT2D eigenvalue weighted by molar-refractivity contribution is 5.97. The number of hydrogen-bond acceptors (Lipinski definition) is 1. The zero-order chi connectivity index (χ0) is 10.4. The SMILES string of the molecule is [CH2]CCC(CC)C(=O)c1ccccc1. The Balaban J connectivity index is 2.73. The molecule has 0 saturated carbocycles. The van der Waals surface area contributed by atoms with Gasteiger partial charge in [-0.1, -0.05) is 50.6 Å². The molecule has 1 radical (unpaired) electrons. The Bertz CT molecular complexity index is 277. The maximum atomic E-state index is 11.9. The Kier molecular flexibility index (Phi) is 4.37. The lowest BCUT2D eigenvalue weighted by Gasteiger charge is -2.11. The van der Waals surface area contributed by atoms with E-state index < -0.39 is 0 Å². The minimum Gasteiger partial charge on any atom is -0.294 e. The molecule has 0 N–H and O–H groups in total. The molecule has 75 valence electrons. The molecule has 1 unspecified atom stereocenters. The van der Waals surface area contributed by atoms with E-state index in [4.69, 9.17) is 0 Å². The lowest BCUT2D eigenvalue weighted by atomic mass is 9.91. The number of benzene rings is 1. The van der Waals surface area contributed by atoms with Crippen LogP contribution in [0.3, 0.4) is 0 Å². The van der Waals surface area contributed by atoms with Crippen LogP contribution in [-0.2, 0) is 0 Å². The monoisotopic (exact) mass is 189 g/mol. The molecule has 0 fully saturated rings. The van der Waals surface area contributed by atoms with Gasteiger partial charge in [-0.15, -0.1) is 0 Å². The number of hydrogen-bond donors (Lipinski definition) is 0. The maximum Gasteiger partial charge on any atom is 0.165 e.